The van der Waals surface area contributed by atoms with Crippen molar-refractivity contribution in [3.05, 3.63) is 59.2 Å². The summed E-state index contributed by atoms with van der Waals surface area (Å²) >= 11 is 5.95. The number of rotatable bonds is 5. The predicted octanol–water partition coefficient (Wildman–Crippen LogP) is 3.66. The highest BCUT2D eigenvalue weighted by Crippen LogP contribution is 2.21. The van der Waals surface area contributed by atoms with E-state index < -0.39 is 0 Å². The number of hydrogen-bond donors (Lipinski definition) is 1. The number of nitrogens with one attached hydrogen (secondary N) is 1. The normalized spacial score (nSPS) is 10.6. The van der Waals surface area contributed by atoms with Crippen LogP contribution in [-0.2, 0) is 11.2 Å². The van der Waals surface area contributed by atoms with Gasteiger partial charge in [0.25, 0.3) is 0 Å². The number of hydrogen-bond acceptors (Lipinski definition) is 5. The zero-order valence-electron chi connectivity index (χ0n) is 13.0. The van der Waals surface area contributed by atoms with Gasteiger partial charge < -0.3 is 9.73 Å². The molecule has 1 N–H and O–H groups in total. The molecule has 0 aliphatic carbocycles. The summed E-state index contributed by atoms with van der Waals surface area (Å²) in [5.41, 5.74) is 2.45. The van der Waals surface area contributed by atoms with Crippen LogP contribution in [0.15, 0.2) is 47.1 Å². The maximum atomic E-state index is 12.1. The van der Waals surface area contributed by atoms with Crippen LogP contribution in [0.2, 0.25) is 5.02 Å². The topological polar surface area (TPSA) is 80.9 Å². The first-order valence-electron chi connectivity index (χ1n) is 7.40. The van der Waals surface area contributed by atoms with Crippen LogP contribution in [0.4, 0.5) is 5.69 Å². The molecule has 0 atom stereocenters. The number of carbonyl (C=O) groups excluding carboxylic acids is 1. The van der Waals surface area contributed by atoms with Gasteiger partial charge in [0.1, 0.15) is 0 Å². The number of amides is 1. The van der Waals surface area contributed by atoms with Gasteiger partial charge in [-0.25, -0.2) is 0 Å². The molecule has 0 radical (unpaired) electrons. The summed E-state index contributed by atoms with van der Waals surface area (Å²) in [4.78, 5) is 16.0. The van der Waals surface area contributed by atoms with Gasteiger partial charge in [-0.1, -0.05) is 17.7 Å². The van der Waals surface area contributed by atoms with Gasteiger partial charge in [-0.05, 0) is 36.8 Å². The van der Waals surface area contributed by atoms with E-state index in [4.69, 9.17) is 16.0 Å². The quantitative estimate of drug-likeness (QED) is 0.765. The fourth-order valence-corrected chi connectivity index (χ4v) is 2.30. The number of pyridine rings is 1. The highest BCUT2D eigenvalue weighted by molar-refractivity contribution is 6.31. The number of nitrogens with zero attached hydrogens (tertiary/aromatic N) is 3. The summed E-state index contributed by atoms with van der Waals surface area (Å²) in [5.74, 6) is 0.697. The fourth-order valence-electron chi connectivity index (χ4n) is 2.13. The van der Waals surface area contributed by atoms with E-state index in [1.165, 1.54) is 0 Å². The SMILES string of the molecule is Cc1ccc(Cl)cc1NC(=O)CCc1nnc(-c2ccncc2)o1. The highest BCUT2D eigenvalue weighted by Gasteiger charge is 2.11. The lowest BCUT2D eigenvalue weighted by molar-refractivity contribution is -0.116. The summed E-state index contributed by atoms with van der Waals surface area (Å²) in [6.45, 7) is 1.91. The van der Waals surface area contributed by atoms with Gasteiger partial charge in [0.2, 0.25) is 17.7 Å². The Bertz CT molecular complexity index is 849. The van der Waals surface area contributed by atoms with Crippen molar-refractivity contribution in [1.29, 1.82) is 0 Å². The Hall–Kier alpha value is -2.73. The average molecular weight is 343 g/mol. The number of halogens is 1. The largest absolute Gasteiger partial charge is 0.421 e. The molecule has 7 heteroatoms. The third-order valence-corrected chi connectivity index (χ3v) is 3.67. The molecule has 0 aliphatic heterocycles. The molecule has 0 saturated carbocycles. The van der Waals surface area contributed by atoms with Crippen molar-refractivity contribution >= 4 is 23.2 Å². The monoisotopic (exact) mass is 342 g/mol. The molecular formula is C17H15ClN4O2. The number of anilines is 1. The van der Waals surface area contributed by atoms with E-state index in [0.717, 1.165) is 11.1 Å². The van der Waals surface area contributed by atoms with Crippen molar-refractivity contribution < 1.29 is 9.21 Å². The van der Waals surface area contributed by atoms with E-state index in [1.807, 2.05) is 13.0 Å². The van der Waals surface area contributed by atoms with E-state index >= 15 is 0 Å². The van der Waals surface area contributed by atoms with E-state index in [0.29, 0.717) is 28.9 Å². The molecule has 0 saturated heterocycles. The third-order valence-electron chi connectivity index (χ3n) is 3.43. The molecule has 1 amide bonds. The van der Waals surface area contributed by atoms with Crippen molar-refractivity contribution in [2.24, 2.45) is 0 Å². The summed E-state index contributed by atoms with van der Waals surface area (Å²) in [6, 6.07) is 8.93. The number of benzene rings is 1. The molecule has 0 fully saturated rings. The molecule has 2 aromatic heterocycles. The molecule has 0 bridgehead atoms. The molecule has 24 heavy (non-hydrogen) atoms. The molecule has 3 rings (SSSR count). The fraction of sp³-hybridized carbons (Fsp3) is 0.176. The van der Waals surface area contributed by atoms with Gasteiger partial charge in [0.05, 0.1) is 0 Å². The Balaban J connectivity index is 1.59. The van der Waals surface area contributed by atoms with E-state index in [9.17, 15) is 4.79 Å². The van der Waals surface area contributed by atoms with Gasteiger partial charge >= 0.3 is 0 Å². The Labute approximate surface area is 143 Å². The molecule has 0 spiro atoms. The lowest BCUT2D eigenvalue weighted by atomic mass is 10.2. The van der Waals surface area contributed by atoms with Crippen molar-refractivity contribution in [2.75, 3.05) is 5.32 Å². The number of aryl methyl sites for hydroxylation is 2. The van der Waals surface area contributed by atoms with Gasteiger partial charge in [0.15, 0.2) is 0 Å². The maximum absolute atomic E-state index is 12.1. The van der Waals surface area contributed by atoms with Crippen LogP contribution in [-0.4, -0.2) is 21.1 Å². The summed E-state index contributed by atoms with van der Waals surface area (Å²) < 4.78 is 5.56. The van der Waals surface area contributed by atoms with Crippen LogP contribution in [0.1, 0.15) is 17.9 Å². The zero-order valence-corrected chi connectivity index (χ0v) is 13.7. The van der Waals surface area contributed by atoms with Crippen LogP contribution in [0.3, 0.4) is 0 Å². The minimum absolute atomic E-state index is 0.135. The van der Waals surface area contributed by atoms with Crippen LogP contribution in [0, 0.1) is 6.92 Å². The molecule has 6 nitrogen and oxygen atoms in total. The van der Waals surface area contributed by atoms with E-state index in [-0.39, 0.29) is 12.3 Å². The standard InChI is InChI=1S/C17H15ClN4O2/c1-11-2-3-13(18)10-14(11)20-15(23)4-5-16-21-22-17(24-16)12-6-8-19-9-7-12/h2-3,6-10H,4-5H2,1H3,(H,20,23). The Morgan fingerprint density at radius 1 is 1.21 bits per heavy atom. The van der Waals surface area contributed by atoms with Crippen molar-refractivity contribution in [3.63, 3.8) is 0 Å². The van der Waals surface area contributed by atoms with Crippen molar-refractivity contribution in [2.45, 2.75) is 19.8 Å². The summed E-state index contributed by atoms with van der Waals surface area (Å²) in [7, 11) is 0. The minimum Gasteiger partial charge on any atom is -0.421 e. The molecule has 2 heterocycles. The lowest BCUT2D eigenvalue weighted by Crippen LogP contribution is -2.13. The van der Waals surface area contributed by atoms with Gasteiger partial charge in [-0.15, -0.1) is 10.2 Å². The Kier molecular flexibility index (Phi) is 4.86. The van der Waals surface area contributed by atoms with Crippen LogP contribution in [0.5, 0.6) is 0 Å². The molecule has 122 valence electrons. The van der Waals surface area contributed by atoms with Crippen molar-refractivity contribution in [1.82, 2.24) is 15.2 Å². The van der Waals surface area contributed by atoms with Crippen LogP contribution < -0.4 is 5.32 Å². The molecule has 1 aromatic carbocycles. The average Bonchev–Trinajstić information content (AvgIpc) is 3.06. The molecule has 0 unspecified atom stereocenters. The van der Waals surface area contributed by atoms with Gasteiger partial charge in [-0.2, -0.15) is 0 Å². The first-order chi connectivity index (χ1) is 11.6. The van der Waals surface area contributed by atoms with E-state index in [1.54, 1.807) is 36.7 Å². The third kappa shape index (κ3) is 3.97. The first-order valence-corrected chi connectivity index (χ1v) is 7.78. The molecule has 3 aromatic rings. The van der Waals surface area contributed by atoms with Gasteiger partial charge in [-0.3, -0.25) is 9.78 Å². The second kappa shape index (κ2) is 7.23. The number of aromatic nitrogens is 3. The zero-order chi connectivity index (χ0) is 16.9. The summed E-state index contributed by atoms with van der Waals surface area (Å²) in [5, 5.41) is 11.4. The minimum atomic E-state index is -0.135. The van der Waals surface area contributed by atoms with Gasteiger partial charge in [0, 0.05) is 41.5 Å². The molecule has 0 aliphatic rings. The second-order valence-electron chi connectivity index (χ2n) is 5.24. The first kappa shape index (κ1) is 16.1. The Morgan fingerprint density at radius 2 is 2.00 bits per heavy atom. The molecular weight excluding hydrogens is 328 g/mol. The smallest absolute Gasteiger partial charge is 0.247 e. The van der Waals surface area contributed by atoms with Crippen molar-refractivity contribution in [3.8, 4) is 11.5 Å². The van der Waals surface area contributed by atoms with E-state index in [2.05, 4.69) is 20.5 Å². The number of carbonyl (C=O) groups is 1. The maximum Gasteiger partial charge on any atom is 0.247 e. The Morgan fingerprint density at radius 3 is 2.79 bits per heavy atom. The van der Waals surface area contributed by atoms with Crippen LogP contribution >= 0.6 is 11.6 Å². The van der Waals surface area contributed by atoms with Crippen LogP contribution in [0.25, 0.3) is 11.5 Å². The lowest BCUT2D eigenvalue weighted by Gasteiger charge is -2.08. The highest BCUT2D eigenvalue weighted by atomic mass is 35.5. The predicted molar refractivity (Wildman–Crippen MR) is 90.7 cm³/mol. The summed E-state index contributed by atoms with van der Waals surface area (Å²) in [6.07, 6.45) is 3.91. The second-order valence-corrected chi connectivity index (χ2v) is 5.68.